The van der Waals surface area contributed by atoms with Crippen LogP contribution in [-0.4, -0.2) is 43.0 Å². The quantitative estimate of drug-likeness (QED) is 0.790. The molecule has 1 N–H and O–H groups in total. The molecule has 3 heterocycles. The average Bonchev–Trinajstić information content (AvgIpc) is 3.33. The Morgan fingerprint density at radius 1 is 1.28 bits per heavy atom. The minimum Gasteiger partial charge on any atom is -0.442 e. The number of carbonyl (C=O) groups excluding carboxylic acids is 2. The van der Waals surface area contributed by atoms with Crippen LogP contribution in [0.3, 0.4) is 0 Å². The summed E-state index contributed by atoms with van der Waals surface area (Å²) in [6.45, 7) is 0.330. The SMILES string of the molecule is O=C(NC[C@H]1CN(c2cc(F)c(N3C=C4CC3CS4)c(F)c2)C(=O)O1)C1CCC1. The largest absolute Gasteiger partial charge is 0.442 e. The predicted molar refractivity (Wildman–Crippen MR) is 106 cm³/mol. The Labute approximate surface area is 171 Å². The summed E-state index contributed by atoms with van der Waals surface area (Å²) in [6, 6.07) is 2.42. The molecule has 1 unspecified atom stereocenters. The number of hydrogen-bond acceptors (Lipinski definition) is 5. The highest BCUT2D eigenvalue weighted by Crippen LogP contribution is 2.44. The van der Waals surface area contributed by atoms with E-state index in [1.54, 1.807) is 22.9 Å². The van der Waals surface area contributed by atoms with E-state index >= 15 is 0 Å². The molecule has 2 atom stereocenters. The van der Waals surface area contributed by atoms with Gasteiger partial charge in [0.15, 0.2) is 11.6 Å². The van der Waals surface area contributed by atoms with Crippen LogP contribution in [0.1, 0.15) is 25.7 Å². The first-order valence-corrected chi connectivity index (χ1v) is 10.8. The van der Waals surface area contributed by atoms with Crippen LogP contribution in [0.25, 0.3) is 0 Å². The van der Waals surface area contributed by atoms with Gasteiger partial charge in [0.2, 0.25) is 5.91 Å². The Balaban J connectivity index is 1.28. The number of rotatable bonds is 5. The van der Waals surface area contributed by atoms with Crippen LogP contribution in [0.15, 0.2) is 23.2 Å². The van der Waals surface area contributed by atoms with Crippen molar-refractivity contribution < 1.29 is 23.1 Å². The van der Waals surface area contributed by atoms with E-state index in [0.717, 1.165) is 36.3 Å². The third-order valence-electron chi connectivity index (χ3n) is 6.00. The van der Waals surface area contributed by atoms with Crippen LogP contribution in [0.4, 0.5) is 25.0 Å². The molecule has 9 heteroatoms. The Bertz CT molecular complexity index is 882. The summed E-state index contributed by atoms with van der Waals surface area (Å²) in [7, 11) is 0. The topological polar surface area (TPSA) is 61.9 Å². The van der Waals surface area contributed by atoms with Gasteiger partial charge in [0.1, 0.15) is 11.8 Å². The number of hydrogen-bond donors (Lipinski definition) is 1. The molecule has 4 aliphatic rings. The third kappa shape index (κ3) is 3.35. The number of anilines is 2. The van der Waals surface area contributed by atoms with Gasteiger partial charge in [-0.3, -0.25) is 9.69 Å². The zero-order chi connectivity index (χ0) is 20.1. The molecule has 1 aromatic rings. The average molecular weight is 421 g/mol. The molecule has 0 spiro atoms. The maximum atomic E-state index is 14.8. The van der Waals surface area contributed by atoms with Gasteiger partial charge in [-0.2, -0.15) is 0 Å². The van der Waals surface area contributed by atoms with E-state index in [0.29, 0.717) is 0 Å². The van der Waals surface area contributed by atoms with Crippen LogP contribution < -0.4 is 15.1 Å². The molecule has 0 radical (unpaired) electrons. The lowest BCUT2D eigenvalue weighted by atomic mass is 9.85. The molecular formula is C20H21F2N3O3S. The van der Waals surface area contributed by atoms with Crippen LogP contribution >= 0.6 is 11.8 Å². The zero-order valence-electron chi connectivity index (χ0n) is 15.7. The summed E-state index contributed by atoms with van der Waals surface area (Å²) in [5.41, 5.74) is 0.0406. The van der Waals surface area contributed by atoms with Crippen molar-refractivity contribution in [2.45, 2.75) is 37.8 Å². The summed E-state index contributed by atoms with van der Waals surface area (Å²) < 4.78 is 34.9. The molecule has 5 rings (SSSR count). The minimum absolute atomic E-state index is 0.0283. The van der Waals surface area contributed by atoms with Gasteiger partial charge in [-0.25, -0.2) is 13.6 Å². The molecule has 1 aliphatic carbocycles. The lowest BCUT2D eigenvalue weighted by Gasteiger charge is -2.26. The van der Waals surface area contributed by atoms with Crippen LogP contribution in [0.5, 0.6) is 0 Å². The van der Waals surface area contributed by atoms with E-state index in [9.17, 15) is 18.4 Å². The molecule has 0 aromatic heterocycles. The van der Waals surface area contributed by atoms with Crippen molar-refractivity contribution in [3.05, 3.63) is 34.9 Å². The van der Waals surface area contributed by atoms with Crippen LogP contribution in [0.2, 0.25) is 0 Å². The van der Waals surface area contributed by atoms with Crippen molar-refractivity contribution in [1.82, 2.24) is 5.32 Å². The molecule has 3 aliphatic heterocycles. The lowest BCUT2D eigenvalue weighted by Crippen LogP contribution is -2.40. The fourth-order valence-corrected chi connectivity index (χ4v) is 5.34. The lowest BCUT2D eigenvalue weighted by molar-refractivity contribution is -0.127. The number of fused-ring (bicyclic) bond motifs is 2. The highest BCUT2D eigenvalue weighted by Gasteiger charge is 2.37. The number of nitrogens with zero attached hydrogens (tertiary/aromatic N) is 2. The highest BCUT2D eigenvalue weighted by atomic mass is 32.2. The summed E-state index contributed by atoms with van der Waals surface area (Å²) in [4.78, 5) is 28.2. The molecule has 154 valence electrons. The molecule has 2 amide bonds. The van der Waals surface area contributed by atoms with E-state index in [2.05, 4.69) is 5.32 Å². The summed E-state index contributed by atoms with van der Waals surface area (Å²) >= 11 is 1.71. The molecule has 3 fully saturated rings. The number of nitrogens with one attached hydrogen (secondary N) is 1. The van der Waals surface area contributed by atoms with Gasteiger partial charge in [0.25, 0.3) is 0 Å². The number of halogens is 2. The number of ether oxygens (including phenoxy) is 1. The van der Waals surface area contributed by atoms with Crippen molar-refractivity contribution in [2.24, 2.45) is 5.92 Å². The van der Waals surface area contributed by atoms with Gasteiger partial charge >= 0.3 is 6.09 Å². The maximum Gasteiger partial charge on any atom is 0.414 e. The predicted octanol–water partition coefficient (Wildman–Crippen LogP) is 3.37. The van der Waals surface area contributed by atoms with Gasteiger partial charge in [0, 0.05) is 47.4 Å². The monoisotopic (exact) mass is 421 g/mol. The van der Waals surface area contributed by atoms with Crippen molar-refractivity contribution in [2.75, 3.05) is 28.6 Å². The van der Waals surface area contributed by atoms with Crippen molar-refractivity contribution in [3.8, 4) is 0 Å². The van der Waals surface area contributed by atoms with E-state index in [1.165, 1.54) is 17.0 Å². The second kappa shape index (κ2) is 7.19. The number of cyclic esters (lactones) is 1. The number of carbonyl (C=O) groups is 2. The van der Waals surface area contributed by atoms with E-state index in [1.807, 2.05) is 0 Å². The molecular weight excluding hydrogens is 400 g/mol. The molecule has 1 saturated carbocycles. The minimum atomic E-state index is -0.705. The molecule has 2 saturated heterocycles. The van der Waals surface area contributed by atoms with Gasteiger partial charge < -0.3 is 15.0 Å². The number of amides is 2. The summed E-state index contributed by atoms with van der Waals surface area (Å²) in [5, 5.41) is 2.80. The summed E-state index contributed by atoms with van der Waals surface area (Å²) in [5.74, 6) is -0.570. The van der Waals surface area contributed by atoms with Crippen LogP contribution in [-0.2, 0) is 9.53 Å². The fraction of sp³-hybridized carbons (Fsp3) is 0.500. The van der Waals surface area contributed by atoms with Gasteiger partial charge in [-0.05, 0) is 12.8 Å². The Morgan fingerprint density at radius 2 is 2.03 bits per heavy atom. The second-order valence-corrected chi connectivity index (χ2v) is 9.07. The summed E-state index contributed by atoms with van der Waals surface area (Å²) in [6.07, 6.45) is 4.24. The number of benzene rings is 1. The number of thioether (sulfide) groups is 1. The highest BCUT2D eigenvalue weighted by molar-refractivity contribution is 8.03. The third-order valence-corrected chi connectivity index (χ3v) is 7.19. The second-order valence-electron chi connectivity index (χ2n) is 7.92. The van der Waals surface area contributed by atoms with Crippen LogP contribution in [0, 0.1) is 17.6 Å². The van der Waals surface area contributed by atoms with E-state index < -0.39 is 23.8 Å². The Kier molecular flexibility index (Phi) is 4.64. The zero-order valence-corrected chi connectivity index (χ0v) is 16.5. The molecule has 1 aromatic carbocycles. The molecule has 29 heavy (non-hydrogen) atoms. The van der Waals surface area contributed by atoms with Crippen molar-refractivity contribution in [3.63, 3.8) is 0 Å². The standard InChI is InChI=1S/C20H21F2N3O3S/c21-16-5-12(6-17(22)18(16)24-9-15-4-13(24)10-29-15)25-8-14(28-20(25)27)7-23-19(26)11-2-1-3-11/h5-6,9,11,13-14H,1-4,7-8,10H2,(H,23,26)/t13?,14-/m0/s1. The fourth-order valence-electron chi connectivity index (χ4n) is 4.15. The first-order chi connectivity index (χ1) is 14.0. The van der Waals surface area contributed by atoms with Gasteiger partial charge in [-0.1, -0.05) is 6.42 Å². The Hall–Kier alpha value is -2.29. The Morgan fingerprint density at radius 3 is 2.62 bits per heavy atom. The van der Waals surface area contributed by atoms with E-state index in [-0.39, 0.29) is 42.3 Å². The first-order valence-electron chi connectivity index (χ1n) is 9.86. The van der Waals surface area contributed by atoms with Crippen molar-refractivity contribution in [1.29, 1.82) is 0 Å². The van der Waals surface area contributed by atoms with Gasteiger partial charge in [0.05, 0.1) is 18.8 Å². The first kappa shape index (κ1) is 18.7. The smallest absolute Gasteiger partial charge is 0.414 e. The van der Waals surface area contributed by atoms with Crippen molar-refractivity contribution >= 4 is 35.1 Å². The van der Waals surface area contributed by atoms with E-state index in [4.69, 9.17) is 4.74 Å². The molecule has 2 bridgehead atoms. The maximum absolute atomic E-state index is 14.8. The molecule has 6 nitrogen and oxygen atoms in total. The van der Waals surface area contributed by atoms with Gasteiger partial charge in [-0.15, -0.1) is 11.8 Å². The normalized spacial score (nSPS) is 25.9.